The molecule has 1 aromatic rings. The van der Waals surface area contributed by atoms with Crippen LogP contribution in [0.2, 0.25) is 0 Å². The van der Waals surface area contributed by atoms with Crippen LogP contribution in [-0.2, 0) is 6.42 Å². The number of nitrogens with zero attached hydrogens (tertiary/aromatic N) is 1. The molecule has 13 heavy (non-hydrogen) atoms. The Morgan fingerprint density at radius 2 is 2.23 bits per heavy atom. The first-order chi connectivity index (χ1) is 6.29. The average Bonchev–Trinajstić information content (AvgIpc) is 2.18. The molecule has 0 heterocycles. The molecule has 0 saturated heterocycles. The van der Waals surface area contributed by atoms with Gasteiger partial charge in [0.25, 0.3) is 0 Å². The van der Waals surface area contributed by atoms with E-state index in [1.165, 1.54) is 11.6 Å². The molecular weight excluding hydrogens is 160 g/mol. The van der Waals surface area contributed by atoms with E-state index in [9.17, 15) is 0 Å². The fourth-order valence-corrected chi connectivity index (χ4v) is 1.26. The van der Waals surface area contributed by atoms with Gasteiger partial charge >= 0.3 is 0 Å². The van der Waals surface area contributed by atoms with Crippen LogP contribution in [0.3, 0.4) is 0 Å². The third-order valence-corrected chi connectivity index (χ3v) is 1.93. The molecule has 1 aromatic carbocycles. The van der Waals surface area contributed by atoms with Crippen LogP contribution < -0.4 is 5.73 Å². The zero-order valence-electron chi connectivity index (χ0n) is 7.62. The summed E-state index contributed by atoms with van der Waals surface area (Å²) in [5, 5.41) is 8.46. The van der Waals surface area contributed by atoms with Crippen LogP contribution in [0.25, 0.3) is 5.70 Å². The molecule has 0 saturated carbocycles. The number of rotatable bonds is 2. The van der Waals surface area contributed by atoms with Gasteiger partial charge in [0, 0.05) is 17.3 Å². The molecule has 0 spiro atoms. The lowest BCUT2D eigenvalue weighted by atomic mass is 10.0. The summed E-state index contributed by atoms with van der Waals surface area (Å²) < 4.78 is 0. The Kier molecular flexibility index (Phi) is 3.10. The van der Waals surface area contributed by atoms with Gasteiger partial charge in [-0.25, -0.2) is 0 Å². The quantitative estimate of drug-likeness (QED) is 0.694. The highest BCUT2D eigenvalue weighted by molar-refractivity contribution is 5.67. The number of allylic oxidation sites excluding steroid dienone is 1. The SMILES string of the molecule is CCc1ccccc1/C(N)=C/C#N. The number of benzene rings is 1. The first-order valence-corrected chi connectivity index (χ1v) is 4.23. The van der Waals surface area contributed by atoms with Gasteiger partial charge in [0.2, 0.25) is 0 Å². The average molecular weight is 172 g/mol. The maximum atomic E-state index is 8.46. The zero-order chi connectivity index (χ0) is 9.68. The normalized spacial score (nSPS) is 10.9. The van der Waals surface area contributed by atoms with E-state index in [2.05, 4.69) is 6.92 Å². The summed E-state index contributed by atoms with van der Waals surface area (Å²) in [7, 11) is 0. The number of hydrogen-bond acceptors (Lipinski definition) is 2. The molecule has 0 unspecified atom stereocenters. The third kappa shape index (κ3) is 2.09. The summed E-state index contributed by atoms with van der Waals surface area (Å²) in [6.45, 7) is 2.07. The minimum Gasteiger partial charge on any atom is -0.398 e. The summed E-state index contributed by atoms with van der Waals surface area (Å²) in [6.07, 6.45) is 2.30. The molecule has 2 heteroatoms. The molecule has 2 N–H and O–H groups in total. The number of nitrogens with two attached hydrogens (primary N) is 1. The van der Waals surface area contributed by atoms with Crippen molar-refractivity contribution in [2.24, 2.45) is 5.73 Å². The summed E-state index contributed by atoms with van der Waals surface area (Å²) in [4.78, 5) is 0. The van der Waals surface area contributed by atoms with E-state index in [4.69, 9.17) is 11.0 Å². The summed E-state index contributed by atoms with van der Waals surface area (Å²) in [5.41, 5.74) is 8.40. The van der Waals surface area contributed by atoms with Crippen molar-refractivity contribution < 1.29 is 0 Å². The molecule has 0 radical (unpaired) electrons. The maximum absolute atomic E-state index is 8.46. The fourth-order valence-electron chi connectivity index (χ4n) is 1.26. The van der Waals surface area contributed by atoms with Crippen LogP contribution >= 0.6 is 0 Å². The van der Waals surface area contributed by atoms with Crippen molar-refractivity contribution >= 4 is 5.70 Å². The van der Waals surface area contributed by atoms with Gasteiger partial charge in [0.05, 0.1) is 6.07 Å². The van der Waals surface area contributed by atoms with Crippen molar-refractivity contribution in [2.45, 2.75) is 13.3 Å². The second-order valence-electron chi connectivity index (χ2n) is 2.74. The number of hydrogen-bond donors (Lipinski definition) is 1. The molecule has 1 rings (SSSR count). The minimum absolute atomic E-state index is 0.542. The van der Waals surface area contributed by atoms with E-state index >= 15 is 0 Å². The Morgan fingerprint density at radius 1 is 1.54 bits per heavy atom. The molecule has 0 aliphatic rings. The predicted octanol–water partition coefficient (Wildman–Crippen LogP) is 2.07. The van der Waals surface area contributed by atoms with Crippen molar-refractivity contribution in [1.29, 1.82) is 5.26 Å². The van der Waals surface area contributed by atoms with Crippen molar-refractivity contribution in [3.8, 4) is 6.07 Å². The molecule has 0 atom stereocenters. The van der Waals surface area contributed by atoms with E-state index in [1.807, 2.05) is 30.3 Å². The molecule has 0 fully saturated rings. The summed E-state index contributed by atoms with van der Waals surface area (Å²) in [6, 6.07) is 9.78. The highest BCUT2D eigenvalue weighted by Gasteiger charge is 2.00. The van der Waals surface area contributed by atoms with Crippen LogP contribution in [-0.4, -0.2) is 0 Å². The molecule has 0 aliphatic heterocycles. The van der Waals surface area contributed by atoms with Crippen molar-refractivity contribution in [3.63, 3.8) is 0 Å². The topological polar surface area (TPSA) is 49.8 Å². The maximum Gasteiger partial charge on any atom is 0.0933 e. The van der Waals surface area contributed by atoms with Crippen molar-refractivity contribution in [3.05, 3.63) is 41.5 Å². The van der Waals surface area contributed by atoms with Crippen LogP contribution in [0.1, 0.15) is 18.1 Å². The lowest BCUT2D eigenvalue weighted by Crippen LogP contribution is -1.99. The smallest absolute Gasteiger partial charge is 0.0933 e. The van der Waals surface area contributed by atoms with Gasteiger partial charge in [-0.05, 0) is 12.0 Å². The van der Waals surface area contributed by atoms with Crippen molar-refractivity contribution in [2.75, 3.05) is 0 Å². The second-order valence-corrected chi connectivity index (χ2v) is 2.74. The first-order valence-electron chi connectivity index (χ1n) is 4.23. The van der Waals surface area contributed by atoms with Crippen LogP contribution in [0.5, 0.6) is 0 Å². The molecule has 0 amide bonds. The largest absolute Gasteiger partial charge is 0.398 e. The van der Waals surface area contributed by atoms with E-state index < -0.39 is 0 Å². The monoisotopic (exact) mass is 172 g/mol. The molecule has 66 valence electrons. The minimum atomic E-state index is 0.542. The van der Waals surface area contributed by atoms with E-state index in [0.717, 1.165) is 12.0 Å². The van der Waals surface area contributed by atoms with Gasteiger partial charge < -0.3 is 5.73 Å². The Balaban J connectivity index is 3.15. The highest BCUT2D eigenvalue weighted by atomic mass is 14.6. The van der Waals surface area contributed by atoms with Gasteiger partial charge in [-0.15, -0.1) is 0 Å². The Bertz CT molecular complexity index is 359. The molecule has 0 aliphatic carbocycles. The molecule has 0 aromatic heterocycles. The van der Waals surface area contributed by atoms with Gasteiger partial charge in [0.15, 0.2) is 0 Å². The fraction of sp³-hybridized carbons (Fsp3) is 0.182. The van der Waals surface area contributed by atoms with Gasteiger partial charge in [-0.3, -0.25) is 0 Å². The highest BCUT2D eigenvalue weighted by Crippen LogP contribution is 2.15. The summed E-state index contributed by atoms with van der Waals surface area (Å²) in [5.74, 6) is 0. The van der Waals surface area contributed by atoms with E-state index in [-0.39, 0.29) is 0 Å². The third-order valence-electron chi connectivity index (χ3n) is 1.93. The van der Waals surface area contributed by atoms with Gasteiger partial charge in [-0.2, -0.15) is 5.26 Å². The number of nitriles is 1. The molecule has 0 bridgehead atoms. The van der Waals surface area contributed by atoms with Crippen molar-refractivity contribution in [1.82, 2.24) is 0 Å². The lowest BCUT2D eigenvalue weighted by Gasteiger charge is -2.05. The summed E-state index contributed by atoms with van der Waals surface area (Å²) >= 11 is 0. The number of aryl methyl sites for hydroxylation is 1. The Morgan fingerprint density at radius 3 is 2.85 bits per heavy atom. The van der Waals surface area contributed by atoms with Gasteiger partial charge in [0.1, 0.15) is 0 Å². The Hall–Kier alpha value is -1.75. The second kappa shape index (κ2) is 4.32. The first kappa shape index (κ1) is 9.34. The molecule has 2 nitrogen and oxygen atoms in total. The van der Waals surface area contributed by atoms with Crippen LogP contribution in [0.15, 0.2) is 30.3 Å². The van der Waals surface area contributed by atoms with Crippen LogP contribution in [0, 0.1) is 11.3 Å². The van der Waals surface area contributed by atoms with Crippen LogP contribution in [0.4, 0.5) is 0 Å². The van der Waals surface area contributed by atoms with E-state index in [1.54, 1.807) is 0 Å². The van der Waals surface area contributed by atoms with E-state index in [0.29, 0.717) is 5.70 Å². The molecular formula is C11H12N2. The van der Waals surface area contributed by atoms with Gasteiger partial charge in [-0.1, -0.05) is 31.2 Å². The zero-order valence-corrected chi connectivity index (χ0v) is 7.62. The lowest BCUT2D eigenvalue weighted by molar-refractivity contribution is 1.13. The Labute approximate surface area is 78.3 Å². The standard InChI is InChI=1S/C11H12N2/c1-2-9-5-3-4-6-10(9)11(13)7-8-12/h3-7H,2,13H2,1H3/b11-7-. The predicted molar refractivity (Wildman–Crippen MR) is 53.6 cm³/mol.